The number of phenolic OH excluding ortho intramolecular Hbond substituents is 1. The summed E-state index contributed by atoms with van der Waals surface area (Å²) in [6, 6.07) is 13.8. The van der Waals surface area contributed by atoms with Crippen molar-refractivity contribution in [2.24, 2.45) is 0 Å². The lowest BCUT2D eigenvalue weighted by Gasteiger charge is -2.27. The van der Waals surface area contributed by atoms with Gasteiger partial charge in [-0.25, -0.2) is 0 Å². The fourth-order valence-electron chi connectivity index (χ4n) is 2.97. The molecule has 142 valence electrons. The van der Waals surface area contributed by atoms with Crippen LogP contribution in [0.2, 0.25) is 0 Å². The topological polar surface area (TPSA) is 52.5 Å². The van der Waals surface area contributed by atoms with Crippen LogP contribution in [0.4, 0.5) is 0 Å². The van der Waals surface area contributed by atoms with E-state index in [1.807, 2.05) is 30.3 Å². The standard InChI is InChI=1S/C23H33NO2/c1-22(2,3)18-12-17(21(26)19(13-18)23(4,5)6)14-24-15-20(25)16-10-8-7-9-11-16/h7-13,20,24-26H,14-15H2,1-6H3/t20-/m1/s1. The number of hydrogen-bond acceptors (Lipinski definition) is 3. The maximum absolute atomic E-state index is 10.8. The first-order valence-electron chi connectivity index (χ1n) is 9.30. The first-order chi connectivity index (χ1) is 12.0. The highest BCUT2D eigenvalue weighted by Crippen LogP contribution is 2.37. The lowest BCUT2D eigenvalue weighted by molar-refractivity contribution is 0.174. The number of rotatable bonds is 5. The second-order valence-corrected chi connectivity index (χ2v) is 9.09. The molecule has 0 aromatic heterocycles. The molecule has 0 aliphatic heterocycles. The number of nitrogens with one attached hydrogen (secondary N) is 1. The smallest absolute Gasteiger partial charge is 0.123 e. The van der Waals surface area contributed by atoms with Crippen molar-refractivity contribution in [3.63, 3.8) is 0 Å². The lowest BCUT2D eigenvalue weighted by Crippen LogP contribution is -2.23. The van der Waals surface area contributed by atoms with E-state index >= 15 is 0 Å². The fraction of sp³-hybridized carbons (Fsp3) is 0.478. The zero-order chi connectivity index (χ0) is 19.5. The molecule has 3 heteroatoms. The van der Waals surface area contributed by atoms with Crippen molar-refractivity contribution in [1.82, 2.24) is 5.32 Å². The molecule has 0 saturated heterocycles. The van der Waals surface area contributed by atoms with Gasteiger partial charge in [0.15, 0.2) is 0 Å². The summed E-state index contributed by atoms with van der Waals surface area (Å²) in [5, 5.41) is 24.4. The molecule has 0 amide bonds. The number of phenols is 1. The number of benzene rings is 2. The minimum atomic E-state index is -0.564. The van der Waals surface area contributed by atoms with Crippen LogP contribution in [0.3, 0.4) is 0 Å². The second kappa shape index (κ2) is 7.81. The molecule has 2 aromatic carbocycles. The van der Waals surface area contributed by atoms with E-state index in [-0.39, 0.29) is 10.8 Å². The molecule has 26 heavy (non-hydrogen) atoms. The number of hydrogen-bond donors (Lipinski definition) is 3. The highest BCUT2D eigenvalue weighted by atomic mass is 16.3. The van der Waals surface area contributed by atoms with Crippen molar-refractivity contribution in [2.45, 2.75) is 65.0 Å². The minimum absolute atomic E-state index is 0.00595. The van der Waals surface area contributed by atoms with Crippen LogP contribution >= 0.6 is 0 Å². The maximum Gasteiger partial charge on any atom is 0.123 e. The Hall–Kier alpha value is -1.84. The molecular weight excluding hydrogens is 322 g/mol. The molecule has 0 aliphatic rings. The molecule has 0 fully saturated rings. The molecule has 0 aliphatic carbocycles. The summed E-state index contributed by atoms with van der Waals surface area (Å²) < 4.78 is 0. The molecule has 0 bridgehead atoms. The first-order valence-corrected chi connectivity index (χ1v) is 9.30. The van der Waals surface area contributed by atoms with E-state index in [9.17, 15) is 10.2 Å². The highest BCUT2D eigenvalue weighted by Gasteiger charge is 2.24. The van der Waals surface area contributed by atoms with Crippen LogP contribution in [-0.4, -0.2) is 16.8 Å². The third-order valence-corrected chi connectivity index (χ3v) is 4.70. The van der Waals surface area contributed by atoms with Crippen LogP contribution in [0.15, 0.2) is 42.5 Å². The Morgan fingerprint density at radius 1 is 0.923 bits per heavy atom. The van der Waals surface area contributed by atoms with Gasteiger partial charge in [-0.1, -0.05) is 84.0 Å². The quantitative estimate of drug-likeness (QED) is 0.721. The molecule has 3 nitrogen and oxygen atoms in total. The van der Waals surface area contributed by atoms with E-state index in [4.69, 9.17) is 0 Å². The molecule has 0 heterocycles. The van der Waals surface area contributed by atoms with Gasteiger partial charge in [0.1, 0.15) is 5.75 Å². The lowest BCUT2D eigenvalue weighted by atomic mass is 9.79. The molecule has 0 radical (unpaired) electrons. The Kier molecular flexibility index (Phi) is 6.15. The van der Waals surface area contributed by atoms with Crippen LogP contribution in [-0.2, 0) is 17.4 Å². The molecule has 1 atom stereocenters. The Balaban J connectivity index is 2.20. The Bertz CT molecular complexity index is 724. The predicted molar refractivity (Wildman–Crippen MR) is 109 cm³/mol. The Labute approximate surface area is 158 Å². The second-order valence-electron chi connectivity index (χ2n) is 9.09. The first kappa shape index (κ1) is 20.5. The van der Waals surface area contributed by atoms with Gasteiger partial charge >= 0.3 is 0 Å². The Morgan fingerprint density at radius 2 is 1.54 bits per heavy atom. The van der Waals surface area contributed by atoms with Crippen molar-refractivity contribution < 1.29 is 10.2 Å². The van der Waals surface area contributed by atoms with Crippen LogP contribution in [0.5, 0.6) is 5.75 Å². The van der Waals surface area contributed by atoms with Crippen molar-refractivity contribution in [2.75, 3.05) is 6.54 Å². The average Bonchev–Trinajstić information content (AvgIpc) is 2.55. The van der Waals surface area contributed by atoms with E-state index < -0.39 is 6.10 Å². The zero-order valence-corrected chi connectivity index (χ0v) is 16.9. The molecule has 0 unspecified atom stereocenters. The van der Waals surface area contributed by atoms with E-state index in [0.717, 1.165) is 16.7 Å². The van der Waals surface area contributed by atoms with E-state index in [0.29, 0.717) is 18.8 Å². The van der Waals surface area contributed by atoms with E-state index in [1.54, 1.807) is 0 Å². The van der Waals surface area contributed by atoms with Crippen LogP contribution in [0.25, 0.3) is 0 Å². The van der Waals surface area contributed by atoms with Gasteiger partial charge in [-0.3, -0.25) is 0 Å². The zero-order valence-electron chi connectivity index (χ0n) is 16.9. The van der Waals surface area contributed by atoms with Gasteiger partial charge in [-0.05, 0) is 27.5 Å². The monoisotopic (exact) mass is 355 g/mol. The van der Waals surface area contributed by atoms with Crippen molar-refractivity contribution in [1.29, 1.82) is 0 Å². The normalized spacial score (nSPS) is 13.7. The number of aliphatic hydroxyl groups is 1. The highest BCUT2D eigenvalue weighted by molar-refractivity contribution is 5.48. The summed E-state index contributed by atoms with van der Waals surface area (Å²) in [6.07, 6.45) is -0.564. The molecule has 0 spiro atoms. The van der Waals surface area contributed by atoms with E-state index in [2.05, 4.69) is 59.0 Å². The fourth-order valence-corrected chi connectivity index (χ4v) is 2.97. The van der Waals surface area contributed by atoms with Crippen molar-refractivity contribution in [3.8, 4) is 5.75 Å². The van der Waals surface area contributed by atoms with Crippen LogP contribution in [0.1, 0.15) is 69.9 Å². The summed E-state index contributed by atoms with van der Waals surface area (Å²) in [5.41, 5.74) is 3.81. The minimum Gasteiger partial charge on any atom is -0.507 e. The van der Waals surface area contributed by atoms with Crippen LogP contribution < -0.4 is 5.32 Å². The third-order valence-electron chi connectivity index (χ3n) is 4.70. The van der Waals surface area contributed by atoms with E-state index in [1.165, 1.54) is 5.56 Å². The average molecular weight is 356 g/mol. The van der Waals surface area contributed by atoms with Crippen molar-refractivity contribution in [3.05, 3.63) is 64.7 Å². The molecule has 3 N–H and O–H groups in total. The molecule has 2 aromatic rings. The van der Waals surface area contributed by atoms with Gasteiger partial charge < -0.3 is 15.5 Å². The maximum atomic E-state index is 10.8. The van der Waals surface area contributed by atoms with Gasteiger partial charge in [0.05, 0.1) is 6.10 Å². The predicted octanol–water partition coefficient (Wildman–Crippen LogP) is 4.81. The molecule has 2 rings (SSSR count). The summed E-state index contributed by atoms with van der Waals surface area (Å²) in [5.74, 6) is 0.354. The largest absolute Gasteiger partial charge is 0.507 e. The van der Waals surface area contributed by atoms with Crippen LogP contribution in [0, 0.1) is 0 Å². The SMILES string of the molecule is CC(C)(C)c1cc(CNC[C@@H](O)c2ccccc2)c(O)c(C(C)(C)C)c1. The molecular formula is C23H33NO2. The third kappa shape index (κ3) is 5.09. The Morgan fingerprint density at radius 3 is 2.08 bits per heavy atom. The van der Waals surface area contributed by atoms with Gasteiger partial charge in [-0.2, -0.15) is 0 Å². The number of aliphatic hydroxyl groups excluding tert-OH is 1. The summed E-state index contributed by atoms with van der Waals surface area (Å²) in [7, 11) is 0. The summed E-state index contributed by atoms with van der Waals surface area (Å²) >= 11 is 0. The van der Waals surface area contributed by atoms with Gasteiger partial charge in [-0.15, -0.1) is 0 Å². The van der Waals surface area contributed by atoms with Gasteiger partial charge in [0, 0.05) is 18.7 Å². The summed E-state index contributed by atoms with van der Waals surface area (Å²) in [6.45, 7) is 13.9. The number of aromatic hydroxyl groups is 1. The van der Waals surface area contributed by atoms with Crippen molar-refractivity contribution >= 4 is 0 Å². The van der Waals surface area contributed by atoms with Gasteiger partial charge in [0.2, 0.25) is 0 Å². The summed E-state index contributed by atoms with van der Waals surface area (Å²) in [4.78, 5) is 0. The van der Waals surface area contributed by atoms with Gasteiger partial charge in [0.25, 0.3) is 0 Å². The molecule has 0 saturated carbocycles.